The average Bonchev–Trinajstić information content (AvgIpc) is 2.36. The highest BCUT2D eigenvalue weighted by atomic mass is 32.3. The molecule has 0 aliphatic carbocycles. The van der Waals surface area contributed by atoms with Crippen LogP contribution < -0.4 is 11.5 Å². The fraction of sp³-hybridized carbons (Fsp3) is 0.333. The Bertz CT molecular complexity index is 357. The third kappa shape index (κ3) is 1.88. The second-order valence-electron chi connectivity index (χ2n) is 1.64. The predicted octanol–water partition coefficient (Wildman–Crippen LogP) is -1.26. The Kier molecular flexibility index (Phi) is 2.57. The highest BCUT2D eigenvalue weighted by Crippen LogP contribution is 2.18. The maximum absolute atomic E-state index is 11.0. The van der Waals surface area contributed by atoms with Gasteiger partial charge in [0.05, 0.1) is 0 Å². The Balaban J connectivity index is 2.98. The van der Waals surface area contributed by atoms with Crippen molar-refractivity contribution in [2.75, 3.05) is 12.5 Å². The molecule has 0 fully saturated rings. The first kappa shape index (κ1) is 9.32. The van der Waals surface area contributed by atoms with E-state index in [1.807, 2.05) is 0 Å². The number of nitrogens with zero attached hydrogens (tertiary/aromatic N) is 2. The van der Waals surface area contributed by atoms with E-state index in [1.165, 1.54) is 0 Å². The molecule has 68 valence electrons. The van der Waals surface area contributed by atoms with Crippen LogP contribution in [0.4, 0.5) is 5.13 Å². The van der Waals surface area contributed by atoms with Gasteiger partial charge in [-0.05, 0) is 0 Å². The first-order chi connectivity index (χ1) is 5.56. The van der Waals surface area contributed by atoms with Crippen LogP contribution in [0, 0.1) is 0 Å². The summed E-state index contributed by atoms with van der Waals surface area (Å²) >= 11 is 0.722. The van der Waals surface area contributed by atoms with Crippen molar-refractivity contribution in [3.8, 4) is 0 Å². The van der Waals surface area contributed by atoms with Gasteiger partial charge in [0.15, 0.2) is 0 Å². The number of hydrogen-bond donors (Lipinski definition) is 2. The van der Waals surface area contributed by atoms with Crippen molar-refractivity contribution in [2.45, 2.75) is 4.34 Å². The molecule has 4 N–H and O–H groups in total. The highest BCUT2D eigenvalue weighted by Gasteiger charge is 2.19. The van der Waals surface area contributed by atoms with Gasteiger partial charge in [-0.3, -0.25) is 0 Å². The zero-order valence-corrected chi connectivity index (χ0v) is 7.43. The molecule has 0 saturated carbocycles. The summed E-state index contributed by atoms with van der Waals surface area (Å²) in [5.74, 6) is 0. The Morgan fingerprint density at radius 3 is 2.58 bits per heavy atom. The first-order valence-corrected chi connectivity index (χ1v) is 4.97. The fourth-order valence-corrected chi connectivity index (χ4v) is 2.03. The van der Waals surface area contributed by atoms with Crippen LogP contribution in [0.2, 0.25) is 0 Å². The SMILES string of the molecule is NCOS(=O)(=O)c1nnc(N)s1. The number of nitrogens with two attached hydrogens (primary N) is 2. The molecule has 0 radical (unpaired) electrons. The van der Waals surface area contributed by atoms with E-state index in [1.54, 1.807) is 0 Å². The highest BCUT2D eigenvalue weighted by molar-refractivity contribution is 7.88. The zero-order chi connectivity index (χ0) is 9.19. The molecule has 1 aromatic heterocycles. The molecule has 1 heterocycles. The Hall–Kier alpha value is -0.770. The van der Waals surface area contributed by atoms with E-state index in [2.05, 4.69) is 14.4 Å². The van der Waals surface area contributed by atoms with Gasteiger partial charge >= 0.3 is 10.1 Å². The van der Waals surface area contributed by atoms with Crippen molar-refractivity contribution >= 4 is 26.6 Å². The molecule has 0 bridgehead atoms. The monoisotopic (exact) mass is 210 g/mol. The van der Waals surface area contributed by atoms with Crippen LogP contribution in [0.15, 0.2) is 4.34 Å². The number of rotatable bonds is 3. The van der Waals surface area contributed by atoms with Gasteiger partial charge in [0.1, 0.15) is 6.73 Å². The van der Waals surface area contributed by atoms with Crippen LogP contribution in [-0.4, -0.2) is 25.3 Å². The van der Waals surface area contributed by atoms with Crippen LogP contribution >= 0.6 is 11.3 Å². The molecule has 0 aliphatic heterocycles. The fourth-order valence-electron chi connectivity index (χ4n) is 0.461. The molecular weight excluding hydrogens is 204 g/mol. The van der Waals surface area contributed by atoms with E-state index < -0.39 is 16.8 Å². The van der Waals surface area contributed by atoms with E-state index in [0.29, 0.717) is 0 Å². The maximum atomic E-state index is 11.0. The molecule has 0 unspecified atom stereocenters. The van der Waals surface area contributed by atoms with E-state index in [4.69, 9.17) is 11.5 Å². The quantitative estimate of drug-likeness (QED) is 0.471. The number of hydrogen-bond acceptors (Lipinski definition) is 8. The molecule has 0 atom stereocenters. The summed E-state index contributed by atoms with van der Waals surface area (Å²) in [5, 5.41) is 6.66. The van der Waals surface area contributed by atoms with Crippen LogP contribution in [-0.2, 0) is 14.3 Å². The van der Waals surface area contributed by atoms with Crippen molar-refractivity contribution in [3.63, 3.8) is 0 Å². The summed E-state index contributed by atoms with van der Waals surface area (Å²) in [5.41, 5.74) is 10.0. The van der Waals surface area contributed by atoms with Crippen molar-refractivity contribution < 1.29 is 12.6 Å². The minimum atomic E-state index is -3.85. The van der Waals surface area contributed by atoms with Crippen molar-refractivity contribution in [1.29, 1.82) is 0 Å². The second kappa shape index (κ2) is 3.31. The van der Waals surface area contributed by atoms with E-state index in [0.717, 1.165) is 11.3 Å². The largest absolute Gasteiger partial charge is 0.374 e. The van der Waals surface area contributed by atoms with Crippen LogP contribution in [0.1, 0.15) is 0 Å². The Morgan fingerprint density at radius 1 is 1.50 bits per heavy atom. The summed E-state index contributed by atoms with van der Waals surface area (Å²) in [6.45, 7) is -0.429. The third-order valence-corrected chi connectivity index (χ3v) is 3.22. The van der Waals surface area contributed by atoms with Crippen LogP contribution in [0.5, 0.6) is 0 Å². The number of aromatic nitrogens is 2. The van der Waals surface area contributed by atoms with Gasteiger partial charge in [0.25, 0.3) is 4.34 Å². The molecule has 0 aromatic carbocycles. The molecule has 0 aliphatic rings. The lowest BCUT2D eigenvalue weighted by Crippen LogP contribution is -2.12. The first-order valence-electron chi connectivity index (χ1n) is 2.75. The smallest absolute Gasteiger partial charge is 0.327 e. The molecule has 12 heavy (non-hydrogen) atoms. The summed E-state index contributed by atoms with van der Waals surface area (Å²) in [6.07, 6.45) is 0. The topological polar surface area (TPSA) is 121 Å². The van der Waals surface area contributed by atoms with Gasteiger partial charge < -0.3 is 11.5 Å². The van der Waals surface area contributed by atoms with Gasteiger partial charge in [0.2, 0.25) is 5.13 Å². The van der Waals surface area contributed by atoms with Crippen LogP contribution in [0.25, 0.3) is 0 Å². The van der Waals surface area contributed by atoms with E-state index in [9.17, 15) is 8.42 Å². The van der Waals surface area contributed by atoms with Gasteiger partial charge in [-0.1, -0.05) is 11.3 Å². The van der Waals surface area contributed by atoms with Crippen LogP contribution in [0.3, 0.4) is 0 Å². The maximum Gasteiger partial charge on any atom is 0.327 e. The summed E-state index contributed by atoms with van der Waals surface area (Å²) < 4.78 is 25.9. The average molecular weight is 210 g/mol. The van der Waals surface area contributed by atoms with Gasteiger partial charge in [-0.2, -0.15) is 8.42 Å². The molecule has 9 heteroatoms. The standard InChI is InChI=1S/C3H6N4O3S2/c4-1-10-12(8,9)3-7-6-2(5)11-3/h1,4H2,(H2,5,6). The third-order valence-electron chi connectivity index (χ3n) is 0.859. The molecule has 0 spiro atoms. The summed E-state index contributed by atoms with van der Waals surface area (Å²) in [7, 11) is -3.85. The molecule has 0 amide bonds. The Morgan fingerprint density at radius 2 is 2.17 bits per heavy atom. The molecule has 1 aromatic rings. The van der Waals surface area contributed by atoms with Crippen molar-refractivity contribution in [3.05, 3.63) is 0 Å². The van der Waals surface area contributed by atoms with Crippen molar-refractivity contribution in [1.82, 2.24) is 10.2 Å². The van der Waals surface area contributed by atoms with Gasteiger partial charge in [-0.25, -0.2) is 4.18 Å². The lowest BCUT2D eigenvalue weighted by molar-refractivity contribution is 0.328. The molecular formula is C3H6N4O3S2. The summed E-state index contributed by atoms with van der Waals surface area (Å²) in [4.78, 5) is 0. The number of nitrogen functional groups attached to an aromatic ring is 1. The molecule has 7 nitrogen and oxygen atoms in total. The minimum absolute atomic E-state index is 0.0641. The molecule has 1 rings (SSSR count). The lowest BCUT2D eigenvalue weighted by Gasteiger charge is -1.95. The van der Waals surface area contributed by atoms with Crippen molar-refractivity contribution in [2.24, 2.45) is 5.73 Å². The van der Waals surface area contributed by atoms with Gasteiger partial charge in [-0.15, -0.1) is 10.2 Å². The van der Waals surface area contributed by atoms with E-state index in [-0.39, 0.29) is 9.47 Å². The molecule has 0 saturated heterocycles. The second-order valence-corrected chi connectivity index (χ2v) is 4.44. The normalized spacial score (nSPS) is 11.8. The summed E-state index contributed by atoms with van der Waals surface area (Å²) in [6, 6.07) is 0. The lowest BCUT2D eigenvalue weighted by atomic mass is 11.3. The zero-order valence-electron chi connectivity index (χ0n) is 5.80. The van der Waals surface area contributed by atoms with Gasteiger partial charge in [0, 0.05) is 0 Å². The number of anilines is 1. The minimum Gasteiger partial charge on any atom is -0.374 e. The van der Waals surface area contributed by atoms with E-state index >= 15 is 0 Å². The predicted molar refractivity (Wildman–Crippen MR) is 41.6 cm³/mol. The Labute approximate surface area is 72.5 Å².